The third-order valence-electron chi connectivity index (χ3n) is 3.47. The highest BCUT2D eigenvalue weighted by Crippen LogP contribution is 2.18. The van der Waals surface area contributed by atoms with Gasteiger partial charge in [-0.05, 0) is 17.2 Å². The predicted molar refractivity (Wildman–Crippen MR) is 83.0 cm³/mol. The van der Waals surface area contributed by atoms with E-state index in [1.165, 1.54) is 0 Å². The molecule has 5 heteroatoms. The van der Waals surface area contributed by atoms with Gasteiger partial charge in [0, 0.05) is 24.0 Å². The van der Waals surface area contributed by atoms with E-state index in [-0.39, 0.29) is 24.0 Å². The molecule has 0 bridgehead atoms. The van der Waals surface area contributed by atoms with Gasteiger partial charge in [0.2, 0.25) is 0 Å². The molecule has 0 aliphatic rings. The first-order valence-electron chi connectivity index (χ1n) is 6.78. The summed E-state index contributed by atoms with van der Waals surface area (Å²) in [6.45, 7) is 0. The van der Waals surface area contributed by atoms with Crippen LogP contribution in [0.4, 0.5) is 0 Å². The minimum Gasteiger partial charge on any atom is -1.00 e. The van der Waals surface area contributed by atoms with E-state index in [4.69, 9.17) is 0 Å². The van der Waals surface area contributed by atoms with Crippen molar-refractivity contribution in [2.75, 3.05) is 0 Å². The van der Waals surface area contributed by atoms with Crippen LogP contribution in [-0.4, -0.2) is 14.5 Å². The molecule has 0 atom stereocenters. The molecule has 2 heterocycles. The Balaban J connectivity index is 0.00000176. The van der Waals surface area contributed by atoms with Gasteiger partial charge in [-0.3, -0.25) is 0 Å². The molecule has 0 radical (unpaired) electrons. The van der Waals surface area contributed by atoms with Gasteiger partial charge in [0.1, 0.15) is 18.7 Å². The molecule has 112 valence electrons. The summed E-state index contributed by atoms with van der Waals surface area (Å²) in [6, 6.07) is 8.37. The molecule has 0 aliphatic carbocycles. The van der Waals surface area contributed by atoms with Gasteiger partial charge in [-0.2, -0.15) is 0 Å². The van der Waals surface area contributed by atoms with Crippen LogP contribution in [0.2, 0.25) is 0 Å². The summed E-state index contributed by atoms with van der Waals surface area (Å²) >= 11 is 0. The fourth-order valence-corrected chi connectivity index (χ4v) is 2.24. The maximum atomic E-state index is 4.04. The van der Waals surface area contributed by atoms with Crippen molar-refractivity contribution in [3.63, 3.8) is 0 Å². The largest absolute Gasteiger partial charge is 1.00 e. The Morgan fingerprint density at radius 3 is 2.27 bits per heavy atom. The van der Waals surface area contributed by atoms with Gasteiger partial charge < -0.3 is 24.0 Å². The second-order valence-corrected chi connectivity index (χ2v) is 4.96. The van der Waals surface area contributed by atoms with Gasteiger partial charge in [0.25, 0.3) is 5.82 Å². The average molecular weight is 404 g/mol. The Hall–Kier alpha value is -2.02. The van der Waals surface area contributed by atoms with Crippen LogP contribution in [0.25, 0.3) is 23.3 Å². The molecular weight excluding hydrogens is 387 g/mol. The smallest absolute Gasteiger partial charge is 0.280 e. The number of hydrogen-bond donors (Lipinski definition) is 0. The van der Waals surface area contributed by atoms with Crippen LogP contribution in [0.1, 0.15) is 11.4 Å². The topological polar surface area (TPSA) is 34.6 Å². The quantitative estimate of drug-likeness (QED) is 0.435. The first kappa shape index (κ1) is 16.4. The van der Waals surface area contributed by atoms with Crippen molar-refractivity contribution in [2.45, 2.75) is 0 Å². The summed E-state index contributed by atoms with van der Waals surface area (Å²) in [5.41, 5.74) is 3.32. The number of halogens is 1. The molecule has 0 saturated carbocycles. The van der Waals surface area contributed by atoms with Crippen molar-refractivity contribution in [3.8, 4) is 11.1 Å². The Morgan fingerprint density at radius 1 is 1.00 bits per heavy atom. The van der Waals surface area contributed by atoms with E-state index < -0.39 is 0 Å². The molecule has 0 saturated heterocycles. The van der Waals surface area contributed by atoms with Crippen molar-refractivity contribution < 1.29 is 28.5 Å². The lowest BCUT2D eigenvalue weighted by Gasteiger charge is -2.00. The third-order valence-corrected chi connectivity index (χ3v) is 3.47. The molecular formula is C17H17IN4. The van der Waals surface area contributed by atoms with Gasteiger partial charge in [-0.15, -0.1) is 0 Å². The Morgan fingerprint density at radius 2 is 1.68 bits per heavy atom. The second-order valence-electron chi connectivity index (χ2n) is 4.96. The zero-order chi connectivity index (χ0) is 14.7. The maximum absolute atomic E-state index is 4.04. The molecule has 3 aromatic rings. The minimum atomic E-state index is 0. The van der Waals surface area contributed by atoms with Gasteiger partial charge in [0.15, 0.2) is 0 Å². The number of benzene rings is 1. The van der Waals surface area contributed by atoms with Gasteiger partial charge in [-0.1, -0.05) is 24.3 Å². The number of imidazole rings is 1. The molecule has 3 rings (SSSR count). The lowest BCUT2D eigenvalue weighted by atomic mass is 10.1. The van der Waals surface area contributed by atoms with Crippen LogP contribution in [-0.2, 0) is 14.1 Å². The SMILES string of the molecule is Cn1cc[n+](C)c1/C=C/c1ccc(-c2cncnc2)cc1.[I-]. The molecule has 0 unspecified atom stereocenters. The standard InChI is InChI=1S/C17H17N4.HI/c1-20-9-10-21(2)17(20)8-5-14-3-6-15(7-4-14)16-11-18-13-19-12-16;/h3-13H,1-2H3;1H/q+1;/p-1. The molecule has 0 N–H and O–H groups in total. The molecule has 0 amide bonds. The lowest BCUT2D eigenvalue weighted by molar-refractivity contribution is -0.672. The summed E-state index contributed by atoms with van der Waals surface area (Å²) in [5.74, 6) is 1.15. The zero-order valence-electron chi connectivity index (χ0n) is 12.5. The zero-order valence-corrected chi connectivity index (χ0v) is 14.7. The van der Waals surface area contributed by atoms with Gasteiger partial charge in [0.05, 0.1) is 14.1 Å². The van der Waals surface area contributed by atoms with E-state index in [1.54, 1.807) is 6.33 Å². The Bertz CT molecular complexity index is 742. The average Bonchev–Trinajstić information content (AvgIpc) is 2.85. The Kier molecular flexibility index (Phi) is 5.43. The number of rotatable bonds is 3. The third kappa shape index (κ3) is 3.59. The van der Waals surface area contributed by atoms with E-state index in [0.717, 1.165) is 22.5 Å². The molecule has 0 spiro atoms. The van der Waals surface area contributed by atoms with E-state index in [1.807, 2.05) is 38.9 Å². The van der Waals surface area contributed by atoms with Crippen molar-refractivity contribution in [1.29, 1.82) is 0 Å². The van der Waals surface area contributed by atoms with E-state index in [2.05, 4.69) is 55.5 Å². The van der Waals surface area contributed by atoms with Gasteiger partial charge >= 0.3 is 0 Å². The van der Waals surface area contributed by atoms with Crippen LogP contribution in [0.5, 0.6) is 0 Å². The molecule has 0 fully saturated rings. The number of nitrogens with zero attached hydrogens (tertiary/aromatic N) is 4. The molecule has 0 aliphatic heterocycles. The normalized spacial score (nSPS) is 10.6. The van der Waals surface area contributed by atoms with Crippen molar-refractivity contribution in [3.05, 3.63) is 66.8 Å². The first-order valence-corrected chi connectivity index (χ1v) is 6.78. The van der Waals surface area contributed by atoms with E-state index in [9.17, 15) is 0 Å². The molecule has 1 aromatic carbocycles. The predicted octanol–water partition coefficient (Wildman–Crippen LogP) is -0.519. The minimum absolute atomic E-state index is 0. The van der Waals surface area contributed by atoms with Crippen LogP contribution in [0.15, 0.2) is 55.4 Å². The highest BCUT2D eigenvalue weighted by atomic mass is 127. The highest BCUT2D eigenvalue weighted by molar-refractivity contribution is 5.69. The number of aryl methyl sites for hydroxylation is 2. The fraction of sp³-hybridized carbons (Fsp3) is 0.118. The number of hydrogen-bond acceptors (Lipinski definition) is 2. The van der Waals surface area contributed by atoms with Crippen molar-refractivity contribution in [2.24, 2.45) is 14.1 Å². The van der Waals surface area contributed by atoms with Crippen LogP contribution in [0.3, 0.4) is 0 Å². The van der Waals surface area contributed by atoms with Crippen molar-refractivity contribution in [1.82, 2.24) is 14.5 Å². The molecule has 2 aromatic heterocycles. The van der Waals surface area contributed by atoms with Crippen LogP contribution >= 0.6 is 0 Å². The summed E-state index contributed by atoms with van der Waals surface area (Å²) < 4.78 is 4.18. The molecule has 22 heavy (non-hydrogen) atoms. The first-order chi connectivity index (χ1) is 10.2. The van der Waals surface area contributed by atoms with Crippen LogP contribution in [0, 0.1) is 0 Å². The summed E-state index contributed by atoms with van der Waals surface area (Å²) in [5, 5.41) is 0. The van der Waals surface area contributed by atoms with Crippen LogP contribution < -0.4 is 28.5 Å². The highest BCUT2D eigenvalue weighted by Gasteiger charge is 2.06. The maximum Gasteiger partial charge on any atom is 0.280 e. The summed E-state index contributed by atoms with van der Waals surface area (Å²) in [7, 11) is 4.08. The van der Waals surface area contributed by atoms with Crippen molar-refractivity contribution >= 4 is 12.2 Å². The lowest BCUT2D eigenvalue weighted by Crippen LogP contribution is -3.00. The fourth-order valence-electron chi connectivity index (χ4n) is 2.24. The van der Waals surface area contributed by atoms with E-state index in [0.29, 0.717) is 0 Å². The van der Waals surface area contributed by atoms with E-state index >= 15 is 0 Å². The molecule has 4 nitrogen and oxygen atoms in total. The Labute approximate surface area is 147 Å². The van der Waals surface area contributed by atoms with Gasteiger partial charge in [-0.25, -0.2) is 19.1 Å². The monoisotopic (exact) mass is 404 g/mol. The summed E-state index contributed by atoms with van der Waals surface area (Å²) in [6.07, 6.45) is 13.5. The second kappa shape index (κ2) is 7.31. The summed E-state index contributed by atoms with van der Waals surface area (Å²) in [4.78, 5) is 8.08. The number of aromatic nitrogens is 4.